The van der Waals surface area contributed by atoms with Gasteiger partial charge in [-0.15, -0.1) is 0 Å². The lowest BCUT2D eigenvalue weighted by Gasteiger charge is -2.00. The van der Waals surface area contributed by atoms with Crippen molar-refractivity contribution in [1.82, 2.24) is 15.6 Å². The second-order valence-electron chi connectivity index (χ2n) is 2.87. The van der Waals surface area contributed by atoms with Gasteiger partial charge in [-0.25, -0.2) is 4.98 Å². The van der Waals surface area contributed by atoms with Crippen LogP contribution in [-0.2, 0) is 0 Å². The highest BCUT2D eigenvalue weighted by molar-refractivity contribution is 5.92. The number of rotatable bonds is 5. The first kappa shape index (κ1) is 11.2. The number of hydrogen-bond donors (Lipinski definition) is 3. The van der Waals surface area contributed by atoms with Crippen molar-refractivity contribution in [2.75, 3.05) is 20.1 Å². The summed E-state index contributed by atoms with van der Waals surface area (Å²) in [5.74, 6) is -0.535. The number of amides is 1. The molecule has 1 amide bonds. The van der Waals surface area contributed by atoms with Crippen molar-refractivity contribution in [2.45, 2.75) is 0 Å². The molecule has 82 valence electrons. The normalized spacial score (nSPS) is 9.93. The summed E-state index contributed by atoms with van der Waals surface area (Å²) in [5.41, 5.74) is 0.192. The number of nitrogens with one attached hydrogen (secondary N) is 3. The van der Waals surface area contributed by atoms with Gasteiger partial charge in [-0.2, -0.15) is 0 Å². The summed E-state index contributed by atoms with van der Waals surface area (Å²) in [6.45, 7) is 1.12. The Morgan fingerprint density at radius 1 is 1.53 bits per heavy atom. The van der Waals surface area contributed by atoms with Crippen LogP contribution in [0.1, 0.15) is 10.5 Å². The van der Waals surface area contributed by atoms with E-state index in [1.54, 1.807) is 7.05 Å². The quantitative estimate of drug-likeness (QED) is 0.359. The lowest BCUT2D eigenvalue weighted by atomic mass is 10.4. The fourth-order valence-corrected chi connectivity index (χ4v) is 1.02. The third-order valence-electron chi connectivity index (χ3n) is 1.77. The highest BCUT2D eigenvalue weighted by Crippen LogP contribution is 2.09. The van der Waals surface area contributed by atoms with E-state index in [1.165, 1.54) is 12.1 Å². The summed E-state index contributed by atoms with van der Waals surface area (Å²) in [5, 5.41) is 15.8. The molecule has 7 heteroatoms. The van der Waals surface area contributed by atoms with Crippen molar-refractivity contribution in [3.63, 3.8) is 0 Å². The van der Waals surface area contributed by atoms with E-state index in [2.05, 4.69) is 15.6 Å². The van der Waals surface area contributed by atoms with E-state index < -0.39 is 4.92 Å². The molecule has 0 atom stereocenters. The lowest BCUT2D eigenvalue weighted by molar-refractivity contribution is -0.389. The van der Waals surface area contributed by atoms with Crippen LogP contribution in [0.2, 0.25) is 0 Å². The maximum absolute atomic E-state index is 11.4. The van der Waals surface area contributed by atoms with Gasteiger partial charge in [0, 0.05) is 19.2 Å². The first-order valence-corrected chi connectivity index (χ1v) is 4.41. The Morgan fingerprint density at radius 2 is 2.27 bits per heavy atom. The van der Waals surface area contributed by atoms with Crippen molar-refractivity contribution in [3.8, 4) is 0 Å². The molecule has 0 saturated heterocycles. The van der Waals surface area contributed by atoms with E-state index in [9.17, 15) is 14.9 Å². The number of hydrogen-bond acceptors (Lipinski definition) is 4. The van der Waals surface area contributed by atoms with Gasteiger partial charge < -0.3 is 20.7 Å². The van der Waals surface area contributed by atoms with Gasteiger partial charge in [0.25, 0.3) is 5.91 Å². The van der Waals surface area contributed by atoms with Crippen molar-refractivity contribution in [2.24, 2.45) is 0 Å². The molecule has 0 aromatic carbocycles. The number of H-pyrrole nitrogens is 1. The van der Waals surface area contributed by atoms with Crippen LogP contribution >= 0.6 is 0 Å². The van der Waals surface area contributed by atoms with Gasteiger partial charge in [-0.3, -0.25) is 4.79 Å². The van der Waals surface area contributed by atoms with E-state index in [0.29, 0.717) is 13.1 Å². The minimum absolute atomic E-state index is 0.186. The fourth-order valence-electron chi connectivity index (χ4n) is 1.02. The van der Waals surface area contributed by atoms with Gasteiger partial charge >= 0.3 is 5.82 Å². The minimum Gasteiger partial charge on any atom is -0.358 e. The summed E-state index contributed by atoms with van der Waals surface area (Å²) in [6, 6.07) is 2.64. The predicted molar refractivity (Wildman–Crippen MR) is 53.7 cm³/mol. The molecule has 15 heavy (non-hydrogen) atoms. The van der Waals surface area contributed by atoms with E-state index in [-0.39, 0.29) is 17.4 Å². The van der Waals surface area contributed by atoms with Crippen LogP contribution in [-0.4, -0.2) is 36.0 Å². The topological polar surface area (TPSA) is 100 Å². The van der Waals surface area contributed by atoms with Crippen LogP contribution < -0.4 is 10.6 Å². The Hall–Kier alpha value is -1.89. The predicted octanol–water partition coefficient (Wildman–Crippen LogP) is -0.128. The van der Waals surface area contributed by atoms with Crippen LogP contribution in [0.3, 0.4) is 0 Å². The highest BCUT2D eigenvalue weighted by Gasteiger charge is 2.14. The molecular weight excluding hydrogens is 200 g/mol. The van der Waals surface area contributed by atoms with E-state index >= 15 is 0 Å². The smallest absolute Gasteiger partial charge is 0.321 e. The van der Waals surface area contributed by atoms with Gasteiger partial charge in [0.1, 0.15) is 0 Å². The second kappa shape index (κ2) is 5.11. The summed E-state index contributed by atoms with van der Waals surface area (Å²) >= 11 is 0. The molecule has 3 N–H and O–H groups in total. The highest BCUT2D eigenvalue weighted by atomic mass is 16.6. The minimum atomic E-state index is -0.579. The monoisotopic (exact) mass is 212 g/mol. The number of aromatic nitrogens is 1. The SMILES string of the molecule is CNCCNC(=O)c1ccc([N+](=O)[O-])[nH]1. The van der Waals surface area contributed by atoms with Crippen LogP contribution in [0.5, 0.6) is 0 Å². The molecule has 1 rings (SSSR count). The largest absolute Gasteiger partial charge is 0.358 e. The molecule has 0 aliphatic carbocycles. The Labute approximate surface area is 86.0 Å². The third-order valence-corrected chi connectivity index (χ3v) is 1.77. The van der Waals surface area contributed by atoms with Gasteiger partial charge in [0.05, 0.1) is 0 Å². The lowest BCUT2D eigenvalue weighted by Crippen LogP contribution is -2.30. The molecule has 0 aliphatic rings. The Balaban J connectivity index is 2.54. The molecule has 1 aromatic heterocycles. The molecular formula is C8H12N4O3. The molecule has 7 nitrogen and oxygen atoms in total. The van der Waals surface area contributed by atoms with Crippen molar-refractivity contribution < 1.29 is 9.72 Å². The Kier molecular flexibility index (Phi) is 3.81. The van der Waals surface area contributed by atoms with Gasteiger partial charge in [-0.1, -0.05) is 0 Å². The number of aromatic amines is 1. The molecule has 0 bridgehead atoms. The molecule has 0 unspecified atom stereocenters. The maximum Gasteiger partial charge on any atom is 0.321 e. The summed E-state index contributed by atoms with van der Waals surface area (Å²) < 4.78 is 0. The van der Waals surface area contributed by atoms with Crippen LogP contribution in [0.4, 0.5) is 5.82 Å². The zero-order chi connectivity index (χ0) is 11.3. The zero-order valence-corrected chi connectivity index (χ0v) is 8.24. The Morgan fingerprint density at radius 3 is 2.80 bits per heavy atom. The van der Waals surface area contributed by atoms with Crippen molar-refractivity contribution in [3.05, 3.63) is 27.9 Å². The van der Waals surface area contributed by atoms with Crippen LogP contribution in [0, 0.1) is 10.1 Å². The van der Waals surface area contributed by atoms with Crippen LogP contribution in [0.25, 0.3) is 0 Å². The second-order valence-corrected chi connectivity index (χ2v) is 2.87. The molecule has 0 fully saturated rings. The van der Waals surface area contributed by atoms with Crippen molar-refractivity contribution in [1.29, 1.82) is 0 Å². The zero-order valence-electron chi connectivity index (χ0n) is 8.24. The molecule has 0 spiro atoms. The summed E-state index contributed by atoms with van der Waals surface area (Å²) in [4.78, 5) is 23.5. The van der Waals surface area contributed by atoms with E-state index in [0.717, 1.165) is 0 Å². The molecule has 0 radical (unpaired) electrons. The van der Waals surface area contributed by atoms with Gasteiger partial charge in [-0.05, 0) is 18.0 Å². The van der Waals surface area contributed by atoms with E-state index in [1.807, 2.05) is 0 Å². The number of carbonyl (C=O) groups is 1. The first-order valence-electron chi connectivity index (χ1n) is 4.41. The summed E-state index contributed by atoms with van der Waals surface area (Å²) in [6.07, 6.45) is 0. The molecule has 1 heterocycles. The first-order chi connectivity index (χ1) is 7.15. The average Bonchev–Trinajstić information content (AvgIpc) is 2.66. The number of nitro groups is 1. The van der Waals surface area contributed by atoms with E-state index in [4.69, 9.17) is 0 Å². The molecule has 0 aliphatic heterocycles. The number of nitrogens with zero attached hydrogens (tertiary/aromatic N) is 1. The van der Waals surface area contributed by atoms with Gasteiger partial charge in [0.15, 0.2) is 5.69 Å². The molecule has 0 saturated carbocycles. The third kappa shape index (κ3) is 3.06. The Bertz CT molecular complexity index is 361. The standard InChI is InChI=1S/C8H12N4O3/c1-9-4-5-10-8(13)6-2-3-7(11-6)12(14)15/h2-3,9,11H,4-5H2,1H3,(H,10,13). The van der Waals surface area contributed by atoms with Crippen LogP contribution in [0.15, 0.2) is 12.1 Å². The van der Waals surface area contributed by atoms with Gasteiger partial charge in [0.2, 0.25) is 0 Å². The summed E-state index contributed by atoms with van der Waals surface area (Å²) in [7, 11) is 1.77. The average molecular weight is 212 g/mol. The maximum atomic E-state index is 11.4. The molecule has 1 aromatic rings. The fraction of sp³-hybridized carbons (Fsp3) is 0.375. The number of carbonyl (C=O) groups excluding carboxylic acids is 1. The van der Waals surface area contributed by atoms with Crippen molar-refractivity contribution >= 4 is 11.7 Å². The number of likely N-dealkylation sites (N-methyl/N-ethyl adjacent to an activating group) is 1.